The van der Waals surface area contributed by atoms with Crippen LogP contribution in [0.5, 0.6) is 0 Å². The number of ether oxygens (including phenoxy) is 2. The summed E-state index contributed by atoms with van der Waals surface area (Å²) in [4.78, 5) is 46.4. The summed E-state index contributed by atoms with van der Waals surface area (Å²) in [5.74, 6) is 0.0455. The zero-order valence-electron chi connectivity index (χ0n) is 20.4. The standard InChI is InChI=1S/C23H42N2O8/c1-5-9-18(28)20(13-7-11-16(3)26)32-22(30)24-15-25-23(31)33-21(19(29)10-6-2)14-8-12-17(4)27/h18-21,28-29H,5-15H2,1-4H3,(H,24,30)(H,25,31). The molecule has 0 aromatic carbocycles. The van der Waals surface area contributed by atoms with Gasteiger partial charge in [-0.05, 0) is 52.4 Å². The van der Waals surface area contributed by atoms with Gasteiger partial charge in [-0.25, -0.2) is 9.59 Å². The lowest BCUT2D eigenvalue weighted by molar-refractivity contribution is -0.118. The van der Waals surface area contributed by atoms with Gasteiger partial charge in [0.1, 0.15) is 23.8 Å². The molecule has 0 aliphatic heterocycles. The molecule has 0 radical (unpaired) electrons. The number of amides is 2. The fraction of sp³-hybridized carbons (Fsp3) is 0.826. The van der Waals surface area contributed by atoms with E-state index in [0.29, 0.717) is 64.2 Å². The molecule has 10 nitrogen and oxygen atoms in total. The highest BCUT2D eigenvalue weighted by Crippen LogP contribution is 2.15. The van der Waals surface area contributed by atoms with Crippen LogP contribution >= 0.6 is 0 Å². The van der Waals surface area contributed by atoms with Gasteiger partial charge in [0, 0.05) is 12.8 Å². The lowest BCUT2D eigenvalue weighted by Crippen LogP contribution is -2.43. The first kappa shape index (κ1) is 30.8. The van der Waals surface area contributed by atoms with Crippen molar-refractivity contribution >= 4 is 23.8 Å². The van der Waals surface area contributed by atoms with Crippen LogP contribution in [0.4, 0.5) is 9.59 Å². The van der Waals surface area contributed by atoms with Gasteiger partial charge >= 0.3 is 12.2 Å². The molecule has 33 heavy (non-hydrogen) atoms. The van der Waals surface area contributed by atoms with E-state index in [4.69, 9.17) is 9.47 Å². The van der Waals surface area contributed by atoms with E-state index in [-0.39, 0.29) is 18.2 Å². The number of rotatable bonds is 18. The van der Waals surface area contributed by atoms with Crippen molar-refractivity contribution in [1.82, 2.24) is 10.6 Å². The Hall–Kier alpha value is -2.20. The van der Waals surface area contributed by atoms with E-state index in [0.717, 1.165) is 0 Å². The fourth-order valence-electron chi connectivity index (χ4n) is 3.27. The molecule has 0 spiro atoms. The van der Waals surface area contributed by atoms with E-state index in [1.807, 2.05) is 13.8 Å². The molecule has 2 amide bonds. The summed E-state index contributed by atoms with van der Waals surface area (Å²) in [7, 11) is 0. The van der Waals surface area contributed by atoms with E-state index >= 15 is 0 Å². The van der Waals surface area contributed by atoms with Gasteiger partial charge in [-0.15, -0.1) is 0 Å². The summed E-state index contributed by atoms with van der Waals surface area (Å²) < 4.78 is 10.6. The second-order valence-electron chi connectivity index (χ2n) is 8.32. The van der Waals surface area contributed by atoms with Crippen LogP contribution < -0.4 is 10.6 Å². The van der Waals surface area contributed by atoms with Crippen molar-refractivity contribution in [3.05, 3.63) is 0 Å². The van der Waals surface area contributed by atoms with Crippen LogP contribution in [-0.4, -0.2) is 65.1 Å². The van der Waals surface area contributed by atoms with Crippen LogP contribution in [0.25, 0.3) is 0 Å². The SMILES string of the molecule is CCCC(O)C(CCCC(C)=O)OC(=O)NCNC(=O)OC(CCCC(C)=O)C(O)CCC. The summed E-state index contributed by atoms with van der Waals surface area (Å²) in [5, 5.41) is 25.2. The maximum Gasteiger partial charge on any atom is 0.408 e. The van der Waals surface area contributed by atoms with E-state index in [2.05, 4.69) is 10.6 Å². The van der Waals surface area contributed by atoms with Crippen LogP contribution in [-0.2, 0) is 19.1 Å². The minimum absolute atomic E-state index is 0.0227. The third-order valence-corrected chi connectivity index (χ3v) is 5.04. The zero-order valence-corrected chi connectivity index (χ0v) is 20.4. The Kier molecular flexibility index (Phi) is 17.0. The molecule has 10 heteroatoms. The van der Waals surface area contributed by atoms with Crippen molar-refractivity contribution in [2.75, 3.05) is 6.67 Å². The minimum atomic E-state index is -0.846. The average Bonchev–Trinajstić information content (AvgIpc) is 2.72. The van der Waals surface area contributed by atoms with Crippen molar-refractivity contribution in [2.24, 2.45) is 0 Å². The number of ketones is 2. The molecular formula is C23H42N2O8. The highest BCUT2D eigenvalue weighted by Gasteiger charge is 2.24. The number of nitrogens with one attached hydrogen (secondary N) is 2. The second kappa shape index (κ2) is 18.3. The van der Waals surface area contributed by atoms with Gasteiger partial charge < -0.3 is 39.9 Å². The number of carbonyl (C=O) groups is 4. The molecule has 0 bridgehead atoms. The van der Waals surface area contributed by atoms with Crippen molar-refractivity contribution in [1.29, 1.82) is 0 Å². The average molecular weight is 475 g/mol. The first-order valence-corrected chi connectivity index (χ1v) is 11.8. The molecule has 0 rings (SSSR count). The highest BCUT2D eigenvalue weighted by atomic mass is 16.6. The molecule has 4 atom stereocenters. The van der Waals surface area contributed by atoms with Crippen LogP contribution in [0.15, 0.2) is 0 Å². The van der Waals surface area contributed by atoms with Crippen LogP contribution in [0.2, 0.25) is 0 Å². The summed E-state index contributed by atoms with van der Waals surface area (Å²) >= 11 is 0. The second-order valence-corrected chi connectivity index (χ2v) is 8.32. The van der Waals surface area contributed by atoms with E-state index < -0.39 is 36.6 Å². The van der Waals surface area contributed by atoms with Crippen molar-refractivity contribution in [3.8, 4) is 0 Å². The van der Waals surface area contributed by atoms with Gasteiger partial charge in [0.2, 0.25) is 0 Å². The number of hydrogen-bond donors (Lipinski definition) is 4. The van der Waals surface area contributed by atoms with Gasteiger partial charge in [0.25, 0.3) is 0 Å². The summed E-state index contributed by atoms with van der Waals surface area (Å²) in [6.45, 7) is 6.48. The van der Waals surface area contributed by atoms with E-state index in [1.165, 1.54) is 13.8 Å². The highest BCUT2D eigenvalue weighted by molar-refractivity contribution is 5.75. The topological polar surface area (TPSA) is 151 Å². The molecule has 0 aromatic heterocycles. The lowest BCUT2D eigenvalue weighted by atomic mass is 10.0. The number of aliphatic hydroxyl groups excluding tert-OH is 2. The van der Waals surface area contributed by atoms with E-state index in [9.17, 15) is 29.4 Å². The van der Waals surface area contributed by atoms with Crippen LogP contribution in [0, 0.1) is 0 Å². The third kappa shape index (κ3) is 16.1. The Morgan fingerprint density at radius 2 is 1.06 bits per heavy atom. The fourth-order valence-corrected chi connectivity index (χ4v) is 3.27. The normalized spacial score (nSPS) is 14.5. The van der Waals surface area contributed by atoms with Gasteiger partial charge in [-0.2, -0.15) is 0 Å². The molecule has 0 aliphatic rings. The van der Waals surface area contributed by atoms with Crippen LogP contribution in [0.3, 0.4) is 0 Å². The Labute approximate surface area is 196 Å². The molecule has 0 saturated carbocycles. The predicted molar refractivity (Wildman–Crippen MR) is 123 cm³/mol. The van der Waals surface area contributed by atoms with Crippen molar-refractivity contribution in [2.45, 2.75) is 116 Å². The third-order valence-electron chi connectivity index (χ3n) is 5.04. The number of carbonyl (C=O) groups excluding carboxylic acids is 4. The summed E-state index contributed by atoms with van der Waals surface area (Å²) in [6.07, 6.45) is -0.169. The maximum absolute atomic E-state index is 12.1. The molecule has 0 fully saturated rings. The first-order valence-electron chi connectivity index (χ1n) is 11.8. The summed E-state index contributed by atoms with van der Waals surface area (Å²) in [5.41, 5.74) is 0. The first-order chi connectivity index (χ1) is 15.6. The summed E-state index contributed by atoms with van der Waals surface area (Å²) in [6, 6.07) is 0. The Bertz CT molecular complexity index is 549. The van der Waals surface area contributed by atoms with Gasteiger partial charge in [-0.1, -0.05) is 26.7 Å². The molecule has 0 heterocycles. The maximum atomic E-state index is 12.1. The Morgan fingerprint density at radius 1 is 0.697 bits per heavy atom. The largest absolute Gasteiger partial charge is 0.443 e. The monoisotopic (exact) mass is 474 g/mol. The molecule has 0 saturated heterocycles. The Balaban J connectivity index is 4.57. The van der Waals surface area contributed by atoms with E-state index in [1.54, 1.807) is 0 Å². The molecule has 0 aliphatic carbocycles. The van der Waals surface area contributed by atoms with Gasteiger partial charge in [0.15, 0.2) is 0 Å². The lowest BCUT2D eigenvalue weighted by Gasteiger charge is -2.24. The number of Topliss-reactive ketones (excluding diaryl/α,β-unsaturated/α-hetero) is 2. The zero-order chi connectivity index (χ0) is 25.2. The molecule has 4 unspecified atom stereocenters. The number of alkyl carbamates (subject to hydrolysis) is 2. The van der Waals surface area contributed by atoms with Crippen LogP contribution in [0.1, 0.15) is 91.9 Å². The van der Waals surface area contributed by atoms with Gasteiger partial charge in [-0.3, -0.25) is 0 Å². The Morgan fingerprint density at radius 3 is 1.36 bits per heavy atom. The van der Waals surface area contributed by atoms with Crippen molar-refractivity contribution < 1.29 is 38.9 Å². The molecule has 0 aromatic rings. The molecular weight excluding hydrogens is 432 g/mol. The quantitative estimate of drug-likeness (QED) is 0.221. The van der Waals surface area contributed by atoms with Gasteiger partial charge in [0.05, 0.1) is 18.9 Å². The number of aliphatic hydroxyl groups is 2. The molecule has 192 valence electrons. The number of hydrogen-bond acceptors (Lipinski definition) is 8. The minimum Gasteiger partial charge on any atom is -0.443 e. The predicted octanol–water partition coefficient (Wildman–Crippen LogP) is 2.97. The smallest absolute Gasteiger partial charge is 0.408 e. The van der Waals surface area contributed by atoms with Crippen molar-refractivity contribution in [3.63, 3.8) is 0 Å². The molecule has 4 N–H and O–H groups in total.